The maximum absolute atomic E-state index is 12.2. The van der Waals surface area contributed by atoms with Crippen molar-refractivity contribution in [3.05, 3.63) is 46.3 Å². The third kappa shape index (κ3) is 5.78. The van der Waals surface area contributed by atoms with Gasteiger partial charge in [0.25, 0.3) is 0 Å². The Morgan fingerprint density at radius 2 is 2.00 bits per heavy atom. The molecule has 2 aliphatic carbocycles. The monoisotopic (exact) mass is 425 g/mol. The molecule has 0 radical (unpaired) electrons. The maximum atomic E-state index is 12.2. The second-order valence-corrected chi connectivity index (χ2v) is 8.57. The van der Waals surface area contributed by atoms with Crippen LogP contribution in [0.25, 0.3) is 0 Å². The molecular weight excluding hydrogens is 395 g/mol. The highest BCUT2D eigenvalue weighted by molar-refractivity contribution is 5.71. The summed E-state index contributed by atoms with van der Waals surface area (Å²) in [5.41, 5.74) is 5.17. The Morgan fingerprint density at radius 1 is 1.27 bits per heavy atom. The Hall–Kier alpha value is -2.02. The van der Waals surface area contributed by atoms with Crippen LogP contribution in [0.1, 0.15) is 46.0 Å². The number of allylic oxidation sites excluding steroid dienone is 6. The van der Waals surface area contributed by atoms with Gasteiger partial charge in [0.2, 0.25) is 0 Å². The van der Waals surface area contributed by atoms with E-state index >= 15 is 0 Å². The number of halogens is 3. The normalized spacial score (nSPS) is 23.1. The van der Waals surface area contributed by atoms with Crippen LogP contribution < -0.4 is 0 Å². The van der Waals surface area contributed by atoms with Crippen LogP contribution in [0.3, 0.4) is 0 Å². The third-order valence-electron chi connectivity index (χ3n) is 6.20. The highest BCUT2D eigenvalue weighted by Crippen LogP contribution is 2.39. The number of carboxylic acid groups (broad SMARTS) is 1. The summed E-state index contributed by atoms with van der Waals surface area (Å²) in [6.45, 7) is 6.64. The number of hydrogen-bond donors (Lipinski definition) is 1. The highest BCUT2D eigenvalue weighted by atomic mass is 19.4. The number of carboxylic acids is 1. The fourth-order valence-electron chi connectivity index (χ4n) is 4.40. The third-order valence-corrected chi connectivity index (χ3v) is 6.20. The van der Waals surface area contributed by atoms with E-state index in [1.807, 2.05) is 12.2 Å². The first-order chi connectivity index (χ1) is 14.1. The fourth-order valence-corrected chi connectivity index (χ4v) is 4.40. The van der Waals surface area contributed by atoms with Gasteiger partial charge in [0.15, 0.2) is 0 Å². The molecule has 0 aromatic rings. The quantitative estimate of drug-likeness (QED) is 0.540. The minimum absolute atomic E-state index is 0.0806. The minimum Gasteiger partial charge on any atom is -0.494 e. The van der Waals surface area contributed by atoms with E-state index in [0.717, 1.165) is 19.4 Å². The Bertz CT molecular complexity index is 786. The van der Waals surface area contributed by atoms with Crippen molar-refractivity contribution < 1.29 is 27.8 Å². The van der Waals surface area contributed by atoms with Gasteiger partial charge in [-0.3, -0.25) is 9.69 Å². The summed E-state index contributed by atoms with van der Waals surface area (Å²) in [7, 11) is 0. The van der Waals surface area contributed by atoms with Gasteiger partial charge in [0, 0.05) is 26.1 Å². The van der Waals surface area contributed by atoms with Crippen molar-refractivity contribution in [1.82, 2.24) is 4.90 Å². The second kappa shape index (κ2) is 9.41. The summed E-state index contributed by atoms with van der Waals surface area (Å²) in [5.74, 6) is 0.143. The number of unbranched alkanes of at least 4 members (excludes halogenated alkanes) is 1. The largest absolute Gasteiger partial charge is 0.494 e. The Balaban J connectivity index is 1.56. The van der Waals surface area contributed by atoms with Gasteiger partial charge in [-0.15, -0.1) is 0 Å². The summed E-state index contributed by atoms with van der Waals surface area (Å²) < 4.78 is 42.4. The summed E-state index contributed by atoms with van der Waals surface area (Å²) in [4.78, 5) is 13.2. The van der Waals surface area contributed by atoms with E-state index in [2.05, 4.69) is 24.8 Å². The van der Waals surface area contributed by atoms with Crippen LogP contribution in [0.2, 0.25) is 0 Å². The van der Waals surface area contributed by atoms with Crippen molar-refractivity contribution in [1.29, 1.82) is 0 Å². The molecule has 0 amide bonds. The molecule has 4 nitrogen and oxygen atoms in total. The molecule has 0 unspecified atom stereocenters. The van der Waals surface area contributed by atoms with Gasteiger partial charge < -0.3 is 9.84 Å². The first-order valence-corrected chi connectivity index (χ1v) is 10.6. The summed E-state index contributed by atoms with van der Waals surface area (Å²) in [6, 6.07) is 0. The van der Waals surface area contributed by atoms with Crippen LogP contribution in [0.5, 0.6) is 0 Å². The number of alkyl halides is 3. The fraction of sp³-hybridized carbons (Fsp3) is 0.609. The van der Waals surface area contributed by atoms with Crippen LogP contribution in [0.4, 0.5) is 13.2 Å². The number of carbonyl (C=O) groups is 1. The highest BCUT2D eigenvalue weighted by Gasteiger charge is 2.34. The molecule has 0 aromatic carbocycles. The number of hydrogen-bond acceptors (Lipinski definition) is 3. The van der Waals surface area contributed by atoms with Gasteiger partial charge >= 0.3 is 12.1 Å². The maximum Gasteiger partial charge on any atom is 0.389 e. The molecule has 166 valence electrons. The van der Waals surface area contributed by atoms with E-state index in [0.29, 0.717) is 31.2 Å². The first-order valence-electron chi connectivity index (χ1n) is 10.6. The van der Waals surface area contributed by atoms with E-state index in [-0.39, 0.29) is 18.9 Å². The average molecular weight is 425 g/mol. The van der Waals surface area contributed by atoms with Crippen molar-refractivity contribution >= 4 is 5.97 Å². The molecule has 1 fully saturated rings. The Morgan fingerprint density at radius 3 is 2.67 bits per heavy atom. The zero-order valence-electron chi connectivity index (χ0n) is 17.6. The summed E-state index contributed by atoms with van der Waals surface area (Å²) in [5, 5.41) is 9.08. The van der Waals surface area contributed by atoms with E-state index in [1.54, 1.807) is 0 Å². The first kappa shape index (κ1) is 22.7. The molecule has 7 heteroatoms. The predicted octanol–water partition coefficient (Wildman–Crippen LogP) is 5.25. The average Bonchev–Trinajstić information content (AvgIpc) is 2.81. The summed E-state index contributed by atoms with van der Waals surface area (Å²) >= 11 is 0. The molecule has 3 aliphatic rings. The lowest BCUT2D eigenvalue weighted by Gasteiger charge is -2.39. The van der Waals surface area contributed by atoms with Gasteiger partial charge in [0.1, 0.15) is 5.76 Å². The number of ether oxygens (including phenoxy) is 1. The minimum atomic E-state index is -4.10. The molecule has 0 saturated carbocycles. The molecular formula is C23H30F3NO3. The molecule has 1 aliphatic heterocycles. The Labute approximate surface area is 175 Å². The lowest BCUT2D eigenvalue weighted by atomic mass is 9.78. The van der Waals surface area contributed by atoms with Crippen molar-refractivity contribution in [3.8, 4) is 0 Å². The van der Waals surface area contributed by atoms with Gasteiger partial charge in [-0.1, -0.05) is 18.6 Å². The number of nitrogens with zero attached hydrogens (tertiary/aromatic N) is 1. The Kier molecular flexibility index (Phi) is 7.11. The van der Waals surface area contributed by atoms with Crippen molar-refractivity contribution in [3.63, 3.8) is 0 Å². The SMILES string of the molecule is CC1=C(CN2CC(C(=O)O)C2)[C@@H](C)CC2=C1C=CC(OCCCCC(F)(F)F)=CC2. The second-order valence-electron chi connectivity index (χ2n) is 8.57. The zero-order valence-corrected chi connectivity index (χ0v) is 17.6. The molecule has 0 spiro atoms. The van der Waals surface area contributed by atoms with Gasteiger partial charge in [-0.2, -0.15) is 13.2 Å². The number of rotatable bonds is 8. The van der Waals surface area contributed by atoms with Crippen LogP contribution in [0.15, 0.2) is 46.3 Å². The van der Waals surface area contributed by atoms with Crippen molar-refractivity contribution in [2.75, 3.05) is 26.2 Å². The molecule has 1 N–H and O–H groups in total. The van der Waals surface area contributed by atoms with Crippen LogP contribution >= 0.6 is 0 Å². The standard InChI is InChI=1S/C23H30F3NO3/c1-15-11-17-5-6-19(30-10-4-3-9-23(24,25)26)7-8-20(17)16(2)21(15)14-27-12-18(13-27)22(28)29/h6-8,15,18H,3-5,9-14H2,1-2H3,(H,28,29)/t15-/m0/s1. The molecule has 30 heavy (non-hydrogen) atoms. The van der Waals surface area contributed by atoms with Crippen molar-refractivity contribution in [2.24, 2.45) is 11.8 Å². The topological polar surface area (TPSA) is 49.8 Å². The number of likely N-dealkylation sites (tertiary alicyclic amines) is 1. The van der Waals surface area contributed by atoms with Gasteiger partial charge in [0.05, 0.1) is 12.5 Å². The predicted molar refractivity (Wildman–Crippen MR) is 109 cm³/mol. The van der Waals surface area contributed by atoms with Gasteiger partial charge in [-0.25, -0.2) is 0 Å². The lowest BCUT2D eigenvalue weighted by molar-refractivity contribution is -0.147. The molecule has 0 aromatic heterocycles. The van der Waals surface area contributed by atoms with Crippen LogP contribution in [0, 0.1) is 11.8 Å². The zero-order chi connectivity index (χ0) is 21.9. The van der Waals surface area contributed by atoms with E-state index in [9.17, 15) is 18.0 Å². The molecule has 1 atom stereocenters. The van der Waals surface area contributed by atoms with E-state index in [4.69, 9.17) is 9.84 Å². The van der Waals surface area contributed by atoms with Crippen molar-refractivity contribution in [2.45, 2.75) is 52.1 Å². The summed E-state index contributed by atoms with van der Waals surface area (Å²) in [6.07, 6.45) is 3.30. The van der Waals surface area contributed by atoms with E-state index in [1.165, 1.54) is 22.3 Å². The van der Waals surface area contributed by atoms with Crippen LogP contribution in [-0.4, -0.2) is 48.4 Å². The molecule has 3 rings (SSSR count). The molecule has 1 saturated heterocycles. The van der Waals surface area contributed by atoms with E-state index < -0.39 is 18.6 Å². The van der Waals surface area contributed by atoms with Crippen LogP contribution in [-0.2, 0) is 9.53 Å². The lowest BCUT2D eigenvalue weighted by Crippen LogP contribution is -2.51. The molecule has 1 heterocycles. The molecule has 0 bridgehead atoms. The van der Waals surface area contributed by atoms with Gasteiger partial charge in [-0.05, 0) is 67.4 Å². The smallest absolute Gasteiger partial charge is 0.389 e. The number of aliphatic carboxylic acids is 1.